The lowest BCUT2D eigenvalue weighted by molar-refractivity contribution is -0.389. The maximum Gasteiger partial charge on any atom is 0.365 e. The van der Waals surface area contributed by atoms with Crippen molar-refractivity contribution in [2.45, 2.75) is 6.43 Å². The first-order valence-electron chi connectivity index (χ1n) is 3.39. The van der Waals surface area contributed by atoms with Gasteiger partial charge in [-0.25, -0.2) is 8.78 Å². The molecule has 14 heavy (non-hydrogen) atoms. The Balaban J connectivity index is 3.29. The predicted molar refractivity (Wildman–Crippen MR) is 40.6 cm³/mol. The lowest BCUT2D eigenvalue weighted by Gasteiger charge is -1.98. The van der Waals surface area contributed by atoms with Crippen LogP contribution in [0.15, 0.2) is 12.1 Å². The van der Waals surface area contributed by atoms with E-state index < -0.39 is 28.4 Å². The van der Waals surface area contributed by atoms with Gasteiger partial charge in [0.15, 0.2) is 0 Å². The predicted octanol–water partition coefficient (Wildman–Crippen LogP) is 1.80. The third-order valence-electron chi connectivity index (χ3n) is 1.39. The van der Waals surface area contributed by atoms with E-state index in [-0.39, 0.29) is 0 Å². The molecule has 72 valence electrons. The lowest BCUT2D eigenvalue weighted by atomic mass is 10.2. The van der Waals surface area contributed by atoms with Crippen LogP contribution < -0.4 is 0 Å². The average Bonchev–Trinajstić information content (AvgIpc) is 2.16. The van der Waals surface area contributed by atoms with E-state index in [1.807, 2.05) is 0 Å². The van der Waals surface area contributed by atoms with E-state index in [1.165, 1.54) is 6.07 Å². The molecule has 1 heterocycles. The van der Waals surface area contributed by atoms with Gasteiger partial charge in [-0.2, -0.15) is 5.26 Å². The topological polar surface area (TPSA) is 79.8 Å². The van der Waals surface area contributed by atoms with E-state index in [1.54, 1.807) is 0 Å². The highest BCUT2D eigenvalue weighted by Gasteiger charge is 2.17. The summed E-state index contributed by atoms with van der Waals surface area (Å²) in [4.78, 5) is 12.5. The Morgan fingerprint density at radius 1 is 1.57 bits per heavy atom. The Hall–Kier alpha value is -2.10. The Kier molecular flexibility index (Phi) is 2.67. The van der Waals surface area contributed by atoms with E-state index in [0.29, 0.717) is 6.07 Å². The number of aromatic nitrogens is 1. The number of hydrogen-bond donors (Lipinski definition) is 0. The van der Waals surface area contributed by atoms with Gasteiger partial charge in [0.2, 0.25) is 0 Å². The molecule has 1 aromatic rings. The highest BCUT2D eigenvalue weighted by Crippen LogP contribution is 2.22. The SMILES string of the molecule is N#Cc1cc(C(F)F)cc([N+](=O)[O-])n1. The molecule has 0 saturated heterocycles. The standard InChI is InChI=1S/C7H3F2N3O2/c8-7(9)4-1-5(3-10)11-6(2-4)12(13)14/h1-2,7H. The number of pyridine rings is 1. The fourth-order valence-corrected chi connectivity index (χ4v) is 0.813. The molecule has 0 bridgehead atoms. The van der Waals surface area contributed by atoms with Gasteiger partial charge in [-0.3, -0.25) is 0 Å². The van der Waals surface area contributed by atoms with Crippen LogP contribution in [0.2, 0.25) is 0 Å². The minimum absolute atomic E-state index is 0.394. The Labute approximate surface area is 76.8 Å². The molecule has 0 aliphatic carbocycles. The molecular weight excluding hydrogens is 196 g/mol. The largest absolute Gasteiger partial charge is 0.365 e. The van der Waals surface area contributed by atoms with Crippen LogP contribution >= 0.6 is 0 Å². The van der Waals surface area contributed by atoms with Gasteiger partial charge < -0.3 is 10.1 Å². The number of nitro groups is 1. The number of rotatable bonds is 2. The van der Waals surface area contributed by atoms with Gasteiger partial charge in [-0.15, -0.1) is 0 Å². The molecule has 0 N–H and O–H groups in total. The molecule has 0 fully saturated rings. The van der Waals surface area contributed by atoms with Gasteiger partial charge in [0.05, 0.1) is 0 Å². The van der Waals surface area contributed by atoms with Crippen LogP contribution in [-0.2, 0) is 0 Å². The summed E-state index contributed by atoms with van der Waals surface area (Å²) in [6, 6.07) is 2.93. The normalized spacial score (nSPS) is 9.86. The highest BCUT2D eigenvalue weighted by atomic mass is 19.3. The molecular formula is C7H3F2N3O2. The van der Waals surface area contributed by atoms with Crippen molar-refractivity contribution in [2.24, 2.45) is 0 Å². The second-order valence-electron chi connectivity index (χ2n) is 2.31. The maximum absolute atomic E-state index is 12.2. The number of halogens is 2. The molecule has 0 saturated carbocycles. The molecule has 0 spiro atoms. The zero-order valence-electron chi connectivity index (χ0n) is 6.65. The van der Waals surface area contributed by atoms with Gasteiger partial charge in [-0.05, 0) is 9.91 Å². The van der Waals surface area contributed by atoms with Crippen LogP contribution in [0.5, 0.6) is 0 Å². The lowest BCUT2D eigenvalue weighted by Crippen LogP contribution is -1.97. The molecule has 0 amide bonds. The number of alkyl halides is 2. The summed E-state index contributed by atoms with van der Waals surface area (Å²) in [5, 5.41) is 18.6. The van der Waals surface area contributed by atoms with Crippen LogP contribution in [0.4, 0.5) is 14.6 Å². The quantitative estimate of drug-likeness (QED) is 0.537. The first-order valence-corrected chi connectivity index (χ1v) is 3.39. The van der Waals surface area contributed by atoms with Crippen molar-refractivity contribution in [3.8, 4) is 6.07 Å². The molecule has 0 aromatic carbocycles. The summed E-state index contributed by atoms with van der Waals surface area (Å²) in [7, 11) is 0. The highest BCUT2D eigenvalue weighted by molar-refractivity contribution is 5.35. The third kappa shape index (κ3) is 1.98. The summed E-state index contributed by atoms with van der Waals surface area (Å²) in [5.41, 5.74) is -0.974. The van der Waals surface area contributed by atoms with Crippen LogP contribution in [0.25, 0.3) is 0 Å². The summed E-state index contributed by atoms with van der Waals surface area (Å²) in [6.07, 6.45) is -2.86. The number of nitrogens with zero attached hydrogens (tertiary/aromatic N) is 3. The molecule has 1 rings (SSSR count). The van der Waals surface area contributed by atoms with E-state index >= 15 is 0 Å². The third-order valence-corrected chi connectivity index (χ3v) is 1.39. The monoisotopic (exact) mass is 199 g/mol. The van der Waals surface area contributed by atoms with Gasteiger partial charge in [0, 0.05) is 17.7 Å². The van der Waals surface area contributed by atoms with Crippen molar-refractivity contribution in [1.29, 1.82) is 5.26 Å². The van der Waals surface area contributed by atoms with E-state index in [9.17, 15) is 18.9 Å². The van der Waals surface area contributed by atoms with Gasteiger partial charge in [-0.1, -0.05) is 0 Å². The van der Waals surface area contributed by atoms with Crippen molar-refractivity contribution in [3.63, 3.8) is 0 Å². The molecule has 0 unspecified atom stereocenters. The first kappa shape index (κ1) is 9.98. The van der Waals surface area contributed by atoms with Crippen LogP contribution in [0.3, 0.4) is 0 Å². The van der Waals surface area contributed by atoms with Gasteiger partial charge in [0.1, 0.15) is 6.07 Å². The fraction of sp³-hybridized carbons (Fsp3) is 0.143. The van der Waals surface area contributed by atoms with E-state index in [2.05, 4.69) is 4.98 Å². The van der Waals surface area contributed by atoms with Crippen molar-refractivity contribution in [1.82, 2.24) is 4.98 Å². The van der Waals surface area contributed by atoms with Crippen molar-refractivity contribution < 1.29 is 13.7 Å². The van der Waals surface area contributed by atoms with Crippen LogP contribution in [0, 0.1) is 21.4 Å². The van der Waals surface area contributed by atoms with Gasteiger partial charge >= 0.3 is 5.82 Å². The second-order valence-corrected chi connectivity index (χ2v) is 2.31. The Morgan fingerprint density at radius 3 is 2.64 bits per heavy atom. The number of nitriles is 1. The number of hydrogen-bond acceptors (Lipinski definition) is 4. The second kappa shape index (κ2) is 3.74. The smallest absolute Gasteiger partial charge is 0.358 e. The van der Waals surface area contributed by atoms with Crippen molar-refractivity contribution in [3.05, 3.63) is 33.5 Å². The van der Waals surface area contributed by atoms with Crippen LogP contribution in [-0.4, -0.2) is 9.91 Å². The van der Waals surface area contributed by atoms with Crippen molar-refractivity contribution in [2.75, 3.05) is 0 Å². The molecule has 0 aliphatic rings. The van der Waals surface area contributed by atoms with E-state index in [4.69, 9.17) is 5.26 Å². The molecule has 7 heteroatoms. The Bertz CT molecular complexity index is 414. The molecule has 0 radical (unpaired) electrons. The minimum Gasteiger partial charge on any atom is -0.358 e. The average molecular weight is 199 g/mol. The van der Waals surface area contributed by atoms with Gasteiger partial charge in [0.25, 0.3) is 12.1 Å². The summed E-state index contributed by atoms with van der Waals surface area (Å²) in [6.45, 7) is 0. The molecule has 0 atom stereocenters. The van der Waals surface area contributed by atoms with E-state index in [0.717, 1.165) is 6.07 Å². The summed E-state index contributed by atoms with van der Waals surface area (Å²) in [5.74, 6) is -0.751. The minimum atomic E-state index is -2.86. The van der Waals surface area contributed by atoms with Crippen LogP contribution in [0.1, 0.15) is 17.7 Å². The first-order chi connectivity index (χ1) is 6.54. The fourth-order valence-electron chi connectivity index (χ4n) is 0.813. The maximum atomic E-state index is 12.2. The van der Waals surface area contributed by atoms with Crippen molar-refractivity contribution >= 4 is 5.82 Å². The molecule has 1 aromatic heterocycles. The summed E-state index contributed by atoms with van der Waals surface area (Å²) >= 11 is 0. The molecule has 0 aliphatic heterocycles. The Morgan fingerprint density at radius 2 is 2.21 bits per heavy atom. The zero-order valence-corrected chi connectivity index (χ0v) is 6.65. The zero-order chi connectivity index (χ0) is 10.7. The molecule has 5 nitrogen and oxygen atoms in total. The summed E-state index contributed by atoms with van der Waals surface area (Å²) < 4.78 is 24.3.